The van der Waals surface area contributed by atoms with Crippen molar-refractivity contribution in [2.45, 2.75) is 0 Å². The standard InChI is InChI=1S/C5H8O3.C4H6O3/c1-2-5(7)8-4-3-6;1-3(2-5)4(6)7/h2,6H,1,3-4H2;5H,1-2H2,(H,6,7). The van der Waals surface area contributed by atoms with Crippen LogP contribution in [-0.4, -0.2) is 47.1 Å². The van der Waals surface area contributed by atoms with Gasteiger partial charge in [0.05, 0.1) is 18.8 Å². The van der Waals surface area contributed by atoms with Gasteiger partial charge in [-0.1, -0.05) is 13.2 Å². The molecule has 0 saturated carbocycles. The van der Waals surface area contributed by atoms with E-state index in [-0.39, 0.29) is 18.8 Å². The fraction of sp³-hybridized carbons (Fsp3) is 0.333. The van der Waals surface area contributed by atoms with E-state index >= 15 is 0 Å². The van der Waals surface area contributed by atoms with Gasteiger partial charge in [0.15, 0.2) is 0 Å². The maximum Gasteiger partial charge on any atom is 0.333 e. The Morgan fingerprint density at radius 3 is 2.07 bits per heavy atom. The normalized spacial score (nSPS) is 8.13. The Bertz CT molecular complexity index is 233. The van der Waals surface area contributed by atoms with Gasteiger partial charge in [-0.25, -0.2) is 9.59 Å². The minimum atomic E-state index is -1.15. The molecule has 0 spiro atoms. The van der Waals surface area contributed by atoms with Gasteiger partial charge < -0.3 is 20.1 Å². The van der Waals surface area contributed by atoms with Crippen LogP contribution in [0.1, 0.15) is 0 Å². The van der Waals surface area contributed by atoms with E-state index < -0.39 is 18.5 Å². The number of carbonyl (C=O) groups is 2. The number of aliphatic hydroxyl groups excluding tert-OH is 2. The predicted molar refractivity (Wildman–Crippen MR) is 52.1 cm³/mol. The Balaban J connectivity index is 0. The maximum absolute atomic E-state index is 10.1. The summed E-state index contributed by atoms with van der Waals surface area (Å²) in [7, 11) is 0. The first-order valence-corrected chi connectivity index (χ1v) is 3.91. The highest BCUT2D eigenvalue weighted by Gasteiger charge is 1.97. The van der Waals surface area contributed by atoms with E-state index in [1.165, 1.54) is 0 Å². The van der Waals surface area contributed by atoms with E-state index in [1.54, 1.807) is 0 Å². The molecule has 0 amide bonds. The maximum atomic E-state index is 10.1. The zero-order valence-electron chi connectivity index (χ0n) is 8.18. The average Bonchev–Trinajstić information content (AvgIpc) is 2.25. The van der Waals surface area contributed by atoms with Gasteiger partial charge in [-0.2, -0.15) is 0 Å². The monoisotopic (exact) mass is 218 g/mol. The summed E-state index contributed by atoms with van der Waals surface area (Å²) in [5.74, 6) is -1.65. The molecule has 0 aromatic carbocycles. The zero-order chi connectivity index (χ0) is 12.3. The van der Waals surface area contributed by atoms with Crippen LogP contribution in [0.2, 0.25) is 0 Å². The van der Waals surface area contributed by atoms with Crippen molar-refractivity contribution in [3.63, 3.8) is 0 Å². The summed E-state index contributed by atoms with van der Waals surface area (Å²) in [6, 6.07) is 0. The first-order chi connectivity index (χ1) is 6.99. The molecule has 0 bridgehead atoms. The first kappa shape index (κ1) is 15.8. The number of rotatable bonds is 5. The fourth-order valence-electron chi connectivity index (χ4n) is 0.273. The molecule has 0 heterocycles. The van der Waals surface area contributed by atoms with Crippen LogP contribution in [0.4, 0.5) is 0 Å². The van der Waals surface area contributed by atoms with Crippen LogP contribution in [0.25, 0.3) is 0 Å². The summed E-state index contributed by atoms with van der Waals surface area (Å²) < 4.78 is 4.33. The summed E-state index contributed by atoms with van der Waals surface area (Å²) >= 11 is 0. The van der Waals surface area contributed by atoms with Crippen molar-refractivity contribution in [3.8, 4) is 0 Å². The highest BCUT2D eigenvalue weighted by atomic mass is 16.5. The molecule has 0 unspecified atom stereocenters. The predicted octanol–water partition coefficient (Wildman–Crippen LogP) is -0.673. The van der Waals surface area contributed by atoms with Crippen LogP contribution in [0, 0.1) is 0 Å². The van der Waals surface area contributed by atoms with E-state index in [0.29, 0.717) is 0 Å². The quantitative estimate of drug-likeness (QED) is 0.417. The minimum Gasteiger partial charge on any atom is -0.478 e. The highest BCUT2D eigenvalue weighted by Crippen LogP contribution is 1.83. The molecule has 3 N–H and O–H groups in total. The van der Waals surface area contributed by atoms with Crippen molar-refractivity contribution >= 4 is 11.9 Å². The SMILES string of the molecule is C=C(CO)C(=O)O.C=CC(=O)OCCO. The summed E-state index contributed by atoms with van der Waals surface area (Å²) in [6.45, 7) is 5.61. The van der Waals surface area contributed by atoms with Gasteiger partial charge in [0, 0.05) is 6.08 Å². The lowest BCUT2D eigenvalue weighted by molar-refractivity contribution is -0.138. The molecular formula is C9H14O6. The molecule has 6 nitrogen and oxygen atoms in total. The van der Waals surface area contributed by atoms with Gasteiger partial charge >= 0.3 is 11.9 Å². The second kappa shape index (κ2) is 10.4. The Kier molecular flexibility index (Phi) is 11.0. The van der Waals surface area contributed by atoms with Crippen LogP contribution in [0.15, 0.2) is 24.8 Å². The lowest BCUT2D eigenvalue weighted by Gasteiger charge is -1.94. The topological polar surface area (TPSA) is 104 Å². The molecule has 0 aliphatic carbocycles. The summed E-state index contributed by atoms with van der Waals surface area (Å²) in [5, 5.41) is 24.0. The number of hydrogen-bond acceptors (Lipinski definition) is 5. The Morgan fingerprint density at radius 1 is 1.33 bits per heavy atom. The molecule has 0 saturated heterocycles. The molecule has 0 aromatic heterocycles. The number of aliphatic hydroxyl groups is 2. The Hall–Kier alpha value is -1.66. The number of carbonyl (C=O) groups excluding carboxylic acids is 1. The molecule has 86 valence electrons. The number of carboxylic acid groups (broad SMARTS) is 1. The third-order valence-corrected chi connectivity index (χ3v) is 0.996. The van der Waals surface area contributed by atoms with Crippen LogP contribution >= 0.6 is 0 Å². The number of esters is 1. The molecule has 0 radical (unpaired) electrons. The lowest BCUT2D eigenvalue weighted by atomic mass is 10.3. The number of carboxylic acids is 1. The third-order valence-electron chi connectivity index (χ3n) is 0.996. The molecule has 0 atom stereocenters. The third kappa shape index (κ3) is 12.3. The molecule has 6 heteroatoms. The number of ether oxygens (including phenoxy) is 1. The van der Waals surface area contributed by atoms with E-state index in [9.17, 15) is 9.59 Å². The van der Waals surface area contributed by atoms with Crippen molar-refractivity contribution in [2.24, 2.45) is 0 Å². The fourth-order valence-corrected chi connectivity index (χ4v) is 0.273. The second-order valence-corrected chi connectivity index (χ2v) is 2.16. The molecule has 0 aromatic rings. The van der Waals surface area contributed by atoms with Crippen molar-refractivity contribution in [1.29, 1.82) is 0 Å². The van der Waals surface area contributed by atoms with Crippen molar-refractivity contribution in [3.05, 3.63) is 24.8 Å². The van der Waals surface area contributed by atoms with E-state index in [1.807, 2.05) is 0 Å². The van der Waals surface area contributed by atoms with E-state index in [0.717, 1.165) is 6.08 Å². The van der Waals surface area contributed by atoms with Gasteiger partial charge in [-0.3, -0.25) is 0 Å². The van der Waals surface area contributed by atoms with Crippen molar-refractivity contribution in [1.82, 2.24) is 0 Å². The minimum absolute atomic E-state index is 0.0465. The first-order valence-electron chi connectivity index (χ1n) is 3.91. The molecular weight excluding hydrogens is 204 g/mol. The second-order valence-electron chi connectivity index (χ2n) is 2.16. The number of hydrogen-bond donors (Lipinski definition) is 3. The van der Waals surface area contributed by atoms with Gasteiger partial charge in [0.2, 0.25) is 0 Å². The summed E-state index contributed by atoms with van der Waals surface area (Å²) in [4.78, 5) is 19.8. The molecule has 0 aliphatic rings. The number of aliphatic carboxylic acids is 1. The molecule has 0 rings (SSSR count). The average molecular weight is 218 g/mol. The highest BCUT2D eigenvalue weighted by molar-refractivity contribution is 5.85. The van der Waals surface area contributed by atoms with Crippen LogP contribution in [0.3, 0.4) is 0 Å². The van der Waals surface area contributed by atoms with Gasteiger partial charge in [0.25, 0.3) is 0 Å². The smallest absolute Gasteiger partial charge is 0.333 e. The molecule has 15 heavy (non-hydrogen) atoms. The van der Waals surface area contributed by atoms with Crippen molar-refractivity contribution < 1.29 is 29.6 Å². The molecule has 0 aliphatic heterocycles. The van der Waals surface area contributed by atoms with Gasteiger partial charge in [0.1, 0.15) is 6.61 Å². The van der Waals surface area contributed by atoms with Crippen LogP contribution in [0.5, 0.6) is 0 Å². The van der Waals surface area contributed by atoms with Crippen molar-refractivity contribution in [2.75, 3.05) is 19.8 Å². The lowest BCUT2D eigenvalue weighted by Crippen LogP contribution is -2.04. The molecule has 0 fully saturated rings. The van der Waals surface area contributed by atoms with Crippen LogP contribution in [-0.2, 0) is 14.3 Å². The van der Waals surface area contributed by atoms with Gasteiger partial charge in [-0.15, -0.1) is 0 Å². The van der Waals surface area contributed by atoms with E-state index in [2.05, 4.69) is 17.9 Å². The van der Waals surface area contributed by atoms with Crippen LogP contribution < -0.4 is 0 Å². The Labute approximate surface area is 87.1 Å². The summed E-state index contributed by atoms with van der Waals surface area (Å²) in [6.07, 6.45) is 1.05. The van der Waals surface area contributed by atoms with Gasteiger partial charge in [-0.05, 0) is 0 Å². The Morgan fingerprint density at radius 2 is 1.87 bits per heavy atom. The van der Waals surface area contributed by atoms with E-state index in [4.69, 9.17) is 15.3 Å². The zero-order valence-corrected chi connectivity index (χ0v) is 8.18. The summed E-state index contributed by atoms with van der Waals surface area (Å²) in [5.41, 5.74) is -0.181. The largest absolute Gasteiger partial charge is 0.478 e.